The van der Waals surface area contributed by atoms with Gasteiger partial charge < -0.3 is 24.9 Å². The van der Waals surface area contributed by atoms with Crippen LogP contribution in [-0.2, 0) is 11.3 Å². The van der Waals surface area contributed by atoms with Gasteiger partial charge in [-0.3, -0.25) is 9.59 Å². The van der Waals surface area contributed by atoms with E-state index in [0.29, 0.717) is 18.1 Å². The lowest BCUT2D eigenvalue weighted by Gasteiger charge is -2.07. The van der Waals surface area contributed by atoms with Crippen LogP contribution in [0, 0.1) is 18.6 Å². The van der Waals surface area contributed by atoms with Gasteiger partial charge in [-0.2, -0.15) is 0 Å². The van der Waals surface area contributed by atoms with Crippen LogP contribution < -0.4 is 15.8 Å². The molecule has 2 aromatic heterocycles. The number of hydrogen-bond donors (Lipinski definition) is 2. The summed E-state index contributed by atoms with van der Waals surface area (Å²) in [4.78, 5) is 36.9. The molecule has 3 N–H and O–H groups in total. The number of benzene rings is 1. The maximum atomic E-state index is 13.7. The number of nitrogens with two attached hydrogens (primary N) is 1. The van der Waals surface area contributed by atoms with Gasteiger partial charge in [-0.05, 0) is 43.2 Å². The van der Waals surface area contributed by atoms with E-state index >= 15 is 0 Å². The van der Waals surface area contributed by atoms with Gasteiger partial charge in [0.2, 0.25) is 0 Å². The zero-order valence-corrected chi connectivity index (χ0v) is 18.5. The summed E-state index contributed by atoms with van der Waals surface area (Å²) < 4.78 is 42.5. The van der Waals surface area contributed by atoms with Gasteiger partial charge in [0.1, 0.15) is 23.2 Å². The molecule has 0 aliphatic carbocycles. The van der Waals surface area contributed by atoms with Gasteiger partial charge in [-0.1, -0.05) is 6.92 Å². The van der Waals surface area contributed by atoms with Gasteiger partial charge in [0.05, 0.1) is 17.0 Å². The Kier molecular flexibility index (Phi) is 7.44. The predicted molar refractivity (Wildman–Crippen MR) is 115 cm³/mol. The van der Waals surface area contributed by atoms with Crippen LogP contribution in [0.2, 0.25) is 0 Å². The maximum Gasteiger partial charge on any atom is 0.341 e. The fourth-order valence-corrected chi connectivity index (χ4v) is 3.87. The molecule has 174 valence electrons. The highest BCUT2D eigenvalue weighted by molar-refractivity contribution is 7.18. The topological polar surface area (TPSA) is 121 Å². The lowest BCUT2D eigenvalue weighted by Crippen LogP contribution is -2.15. The number of hydrogen-bond acceptors (Lipinski definition) is 7. The van der Waals surface area contributed by atoms with E-state index < -0.39 is 29.4 Å². The fourth-order valence-electron chi connectivity index (χ4n) is 2.83. The Hall–Kier alpha value is -3.73. The second-order valence-electron chi connectivity index (χ2n) is 6.84. The van der Waals surface area contributed by atoms with E-state index in [0.717, 1.165) is 23.5 Å². The number of nitrogens with one attached hydrogen (secondary N) is 1. The molecular weight excluding hydrogens is 458 g/mol. The van der Waals surface area contributed by atoms with E-state index in [1.54, 1.807) is 0 Å². The average Bonchev–Trinajstić information content (AvgIpc) is 3.36. The summed E-state index contributed by atoms with van der Waals surface area (Å²) in [5.74, 6) is -3.84. The highest BCUT2D eigenvalue weighted by atomic mass is 32.1. The highest BCUT2D eigenvalue weighted by Gasteiger charge is 2.26. The van der Waals surface area contributed by atoms with Gasteiger partial charge >= 0.3 is 5.97 Å². The Morgan fingerprint density at radius 1 is 1.18 bits per heavy atom. The Morgan fingerprint density at radius 2 is 1.94 bits per heavy atom. The second-order valence-corrected chi connectivity index (χ2v) is 7.86. The van der Waals surface area contributed by atoms with Crippen LogP contribution >= 0.6 is 11.3 Å². The van der Waals surface area contributed by atoms with Gasteiger partial charge in [-0.15, -0.1) is 11.3 Å². The van der Waals surface area contributed by atoms with E-state index in [4.69, 9.17) is 19.6 Å². The zero-order valence-electron chi connectivity index (χ0n) is 17.7. The molecule has 0 saturated carbocycles. The number of thiophene rings is 1. The molecule has 0 bridgehead atoms. The zero-order chi connectivity index (χ0) is 24.1. The largest absolute Gasteiger partial charge is 0.483 e. The third-order valence-electron chi connectivity index (χ3n) is 4.39. The normalized spacial score (nSPS) is 10.7. The summed E-state index contributed by atoms with van der Waals surface area (Å²) in [5, 5.41) is 2.63. The van der Waals surface area contributed by atoms with Gasteiger partial charge in [0, 0.05) is 6.07 Å². The lowest BCUT2D eigenvalue weighted by molar-refractivity contribution is 0.0506. The van der Waals surface area contributed by atoms with Crippen LogP contribution in [0.4, 0.5) is 13.8 Å². The molecule has 8 nitrogen and oxygen atoms in total. The minimum Gasteiger partial charge on any atom is -0.483 e. The van der Waals surface area contributed by atoms with E-state index in [1.165, 1.54) is 19.1 Å². The van der Waals surface area contributed by atoms with Crippen molar-refractivity contribution in [2.24, 2.45) is 5.73 Å². The van der Waals surface area contributed by atoms with Crippen molar-refractivity contribution in [2.45, 2.75) is 26.9 Å². The summed E-state index contributed by atoms with van der Waals surface area (Å²) in [6.45, 7) is 3.32. The SMILES string of the molecule is CCCOC(=O)c1c(NC(=O)c2ccc(COc3ccc(F)cc3F)o2)sc(C(N)=O)c1C. The van der Waals surface area contributed by atoms with E-state index in [1.807, 2.05) is 6.92 Å². The number of carbonyl (C=O) groups excluding carboxylic acids is 3. The monoisotopic (exact) mass is 478 g/mol. The molecule has 3 aromatic rings. The number of rotatable bonds is 9. The summed E-state index contributed by atoms with van der Waals surface area (Å²) in [7, 11) is 0. The molecular formula is C22H20F2N2O6S. The molecule has 0 fully saturated rings. The molecule has 0 radical (unpaired) electrons. The van der Waals surface area contributed by atoms with Crippen LogP contribution in [0.5, 0.6) is 5.75 Å². The van der Waals surface area contributed by atoms with Crippen molar-refractivity contribution in [3.8, 4) is 5.75 Å². The number of primary amides is 1. The molecule has 0 spiro atoms. The number of halogens is 2. The Labute approximate surface area is 191 Å². The lowest BCUT2D eigenvalue weighted by atomic mass is 10.1. The molecule has 1 aromatic carbocycles. The first-order valence-electron chi connectivity index (χ1n) is 9.79. The van der Waals surface area contributed by atoms with Crippen molar-refractivity contribution in [3.63, 3.8) is 0 Å². The molecule has 0 unspecified atom stereocenters. The molecule has 33 heavy (non-hydrogen) atoms. The maximum absolute atomic E-state index is 13.7. The average molecular weight is 478 g/mol. The quantitative estimate of drug-likeness (QED) is 0.439. The van der Waals surface area contributed by atoms with Gasteiger partial charge in [0.15, 0.2) is 17.3 Å². The molecule has 2 amide bonds. The number of amides is 2. The molecule has 0 aliphatic rings. The molecule has 2 heterocycles. The molecule has 11 heteroatoms. The van der Waals surface area contributed by atoms with E-state index in [2.05, 4.69) is 5.32 Å². The van der Waals surface area contributed by atoms with Crippen molar-refractivity contribution in [2.75, 3.05) is 11.9 Å². The number of furan rings is 1. The minimum absolute atomic E-state index is 0.0393. The van der Waals surface area contributed by atoms with E-state index in [9.17, 15) is 23.2 Å². The van der Waals surface area contributed by atoms with Gasteiger partial charge in [-0.25, -0.2) is 13.6 Å². The van der Waals surface area contributed by atoms with Crippen molar-refractivity contribution in [1.29, 1.82) is 0 Å². The molecule has 3 rings (SSSR count). The molecule has 0 aliphatic heterocycles. The first-order chi connectivity index (χ1) is 15.7. The number of esters is 1. The van der Waals surface area contributed by atoms with Crippen molar-refractivity contribution in [3.05, 3.63) is 69.5 Å². The smallest absolute Gasteiger partial charge is 0.341 e. The van der Waals surface area contributed by atoms with Crippen LogP contribution in [-0.4, -0.2) is 24.4 Å². The summed E-state index contributed by atoms with van der Waals surface area (Å²) >= 11 is 0.850. The van der Waals surface area contributed by atoms with Crippen LogP contribution in [0.15, 0.2) is 34.7 Å². The first kappa shape index (κ1) is 23.9. The molecule has 0 atom stereocenters. The Bertz CT molecular complexity index is 1200. The van der Waals surface area contributed by atoms with Crippen LogP contribution in [0.3, 0.4) is 0 Å². The Morgan fingerprint density at radius 3 is 2.61 bits per heavy atom. The Balaban J connectivity index is 1.75. The number of ether oxygens (including phenoxy) is 2. The van der Waals surface area contributed by atoms with Crippen molar-refractivity contribution >= 4 is 34.1 Å². The third kappa shape index (κ3) is 5.55. The molecule has 0 saturated heterocycles. The second kappa shape index (κ2) is 10.3. The summed E-state index contributed by atoms with van der Waals surface area (Å²) in [6.07, 6.45) is 0.596. The first-order valence-corrected chi connectivity index (χ1v) is 10.6. The third-order valence-corrected chi connectivity index (χ3v) is 5.61. The fraction of sp³-hybridized carbons (Fsp3) is 0.227. The standard InChI is InChI=1S/C22H20F2N2O6S/c1-3-8-30-22(29)17-11(2)18(19(25)27)33-21(17)26-20(28)16-7-5-13(32-16)10-31-15-6-4-12(23)9-14(15)24/h4-7,9H,3,8,10H2,1-2H3,(H2,25,27)(H,26,28). The van der Waals surface area contributed by atoms with Crippen molar-refractivity contribution in [1.82, 2.24) is 0 Å². The van der Waals surface area contributed by atoms with Crippen LogP contribution in [0.1, 0.15) is 55.3 Å². The summed E-state index contributed by atoms with van der Waals surface area (Å²) in [5.41, 5.74) is 5.71. The van der Waals surface area contributed by atoms with Crippen LogP contribution in [0.25, 0.3) is 0 Å². The number of anilines is 1. The van der Waals surface area contributed by atoms with E-state index in [-0.39, 0.29) is 45.9 Å². The number of carbonyl (C=O) groups is 3. The minimum atomic E-state index is -0.875. The summed E-state index contributed by atoms with van der Waals surface area (Å²) in [6, 6.07) is 5.67. The predicted octanol–water partition coefficient (Wildman–Crippen LogP) is 4.42. The van der Waals surface area contributed by atoms with Gasteiger partial charge in [0.25, 0.3) is 11.8 Å². The highest BCUT2D eigenvalue weighted by Crippen LogP contribution is 2.34. The van der Waals surface area contributed by atoms with Crippen molar-refractivity contribution < 1.29 is 37.1 Å².